The third kappa shape index (κ3) is 4.44. The van der Waals surface area contributed by atoms with E-state index in [1.54, 1.807) is 17.0 Å². The lowest BCUT2D eigenvalue weighted by Gasteiger charge is -2.32. The van der Waals surface area contributed by atoms with Gasteiger partial charge in [-0.3, -0.25) is 9.59 Å². The van der Waals surface area contributed by atoms with Gasteiger partial charge < -0.3 is 10.2 Å². The molecule has 0 radical (unpaired) electrons. The van der Waals surface area contributed by atoms with Gasteiger partial charge in [-0.1, -0.05) is 12.1 Å². The summed E-state index contributed by atoms with van der Waals surface area (Å²) in [6.07, 6.45) is 2.53. The zero-order valence-electron chi connectivity index (χ0n) is 12.4. The van der Waals surface area contributed by atoms with Crippen molar-refractivity contribution < 1.29 is 14.0 Å². The van der Waals surface area contributed by atoms with Gasteiger partial charge in [0.1, 0.15) is 5.82 Å². The Balaban J connectivity index is 1.81. The molecule has 1 fully saturated rings. The van der Waals surface area contributed by atoms with E-state index in [0.29, 0.717) is 44.7 Å². The van der Waals surface area contributed by atoms with E-state index in [-0.39, 0.29) is 17.5 Å². The Kier molecular flexibility index (Phi) is 6.19. The van der Waals surface area contributed by atoms with Crippen molar-refractivity contribution in [1.29, 1.82) is 0 Å². The molecule has 1 aliphatic rings. The van der Waals surface area contributed by atoms with Crippen LogP contribution in [0.4, 0.5) is 4.39 Å². The molecule has 0 unspecified atom stereocenters. The lowest BCUT2D eigenvalue weighted by atomic mass is 10.0. The van der Waals surface area contributed by atoms with Gasteiger partial charge in [0.05, 0.1) is 5.56 Å². The lowest BCUT2D eigenvalue weighted by molar-refractivity contribution is -0.132. The zero-order valence-corrected chi connectivity index (χ0v) is 13.1. The van der Waals surface area contributed by atoms with Crippen molar-refractivity contribution in [1.82, 2.24) is 10.2 Å². The number of benzene rings is 1. The number of nitrogens with zero attached hydrogens (tertiary/aromatic N) is 1. The summed E-state index contributed by atoms with van der Waals surface area (Å²) in [7, 11) is 0. The number of piperidine rings is 1. The molecule has 1 heterocycles. The van der Waals surface area contributed by atoms with Gasteiger partial charge in [0.15, 0.2) is 0 Å². The normalized spacial score (nSPS) is 15.6. The highest BCUT2D eigenvalue weighted by Crippen LogP contribution is 2.14. The highest BCUT2D eigenvalue weighted by molar-refractivity contribution is 6.17. The second-order valence-electron chi connectivity index (χ2n) is 5.40. The predicted molar refractivity (Wildman–Crippen MR) is 83.4 cm³/mol. The summed E-state index contributed by atoms with van der Waals surface area (Å²) in [5.74, 6) is -0.320. The molecule has 22 heavy (non-hydrogen) atoms. The molecular formula is C16H20ClFN2O2. The molecule has 1 aromatic rings. The van der Waals surface area contributed by atoms with Crippen molar-refractivity contribution in [2.24, 2.45) is 0 Å². The van der Waals surface area contributed by atoms with Crippen molar-refractivity contribution in [3.8, 4) is 0 Å². The smallest absolute Gasteiger partial charge is 0.254 e. The summed E-state index contributed by atoms with van der Waals surface area (Å²) in [4.78, 5) is 25.7. The Morgan fingerprint density at radius 2 is 1.95 bits per heavy atom. The van der Waals surface area contributed by atoms with Gasteiger partial charge in [0.2, 0.25) is 5.91 Å². The van der Waals surface area contributed by atoms with Crippen LogP contribution in [0.1, 0.15) is 36.0 Å². The van der Waals surface area contributed by atoms with Crippen LogP contribution in [-0.2, 0) is 4.79 Å². The molecule has 2 rings (SSSR count). The topological polar surface area (TPSA) is 49.4 Å². The van der Waals surface area contributed by atoms with E-state index in [0.717, 1.165) is 0 Å². The summed E-state index contributed by atoms with van der Waals surface area (Å²) in [6, 6.07) is 5.90. The van der Waals surface area contributed by atoms with Crippen LogP contribution < -0.4 is 5.32 Å². The molecule has 1 aliphatic heterocycles. The summed E-state index contributed by atoms with van der Waals surface area (Å²) < 4.78 is 13.6. The fourth-order valence-corrected chi connectivity index (χ4v) is 2.69. The molecule has 0 aliphatic carbocycles. The molecule has 0 saturated carbocycles. The average molecular weight is 327 g/mol. The first-order chi connectivity index (χ1) is 10.6. The van der Waals surface area contributed by atoms with Crippen molar-refractivity contribution in [3.63, 3.8) is 0 Å². The molecule has 1 aromatic carbocycles. The molecule has 6 heteroatoms. The van der Waals surface area contributed by atoms with Crippen LogP contribution in [0.25, 0.3) is 0 Å². The number of amides is 2. The Morgan fingerprint density at radius 1 is 1.27 bits per heavy atom. The fourth-order valence-electron chi connectivity index (χ4n) is 2.56. The number of hydrogen-bond donors (Lipinski definition) is 1. The summed E-state index contributed by atoms with van der Waals surface area (Å²) in [6.45, 7) is 1.23. The average Bonchev–Trinajstić information content (AvgIpc) is 2.53. The quantitative estimate of drug-likeness (QED) is 0.845. The molecule has 2 amide bonds. The number of alkyl halides is 1. The third-order valence-corrected chi connectivity index (χ3v) is 4.09. The lowest BCUT2D eigenvalue weighted by Crippen LogP contribution is -2.46. The van der Waals surface area contributed by atoms with Gasteiger partial charge >= 0.3 is 0 Å². The van der Waals surface area contributed by atoms with Crippen LogP contribution in [-0.4, -0.2) is 41.7 Å². The highest BCUT2D eigenvalue weighted by Gasteiger charge is 2.24. The number of likely N-dealkylation sites (tertiary alicyclic amines) is 1. The number of rotatable bonds is 5. The molecule has 0 atom stereocenters. The minimum atomic E-state index is -0.520. The van der Waals surface area contributed by atoms with Crippen molar-refractivity contribution in [2.75, 3.05) is 19.0 Å². The largest absolute Gasteiger partial charge is 0.349 e. The standard InChI is InChI=1S/C16H20ClFN2O2/c17-9-3-6-15(21)20-10-7-12(8-11-20)19-16(22)13-4-1-2-5-14(13)18/h1-2,4-5,12H,3,6-11H2,(H,19,22). The van der Waals surface area contributed by atoms with Gasteiger partial charge in [-0.2, -0.15) is 0 Å². The van der Waals surface area contributed by atoms with Crippen LogP contribution in [0, 0.1) is 5.82 Å². The fraction of sp³-hybridized carbons (Fsp3) is 0.500. The maximum atomic E-state index is 13.6. The minimum Gasteiger partial charge on any atom is -0.349 e. The van der Waals surface area contributed by atoms with Crippen LogP contribution in [0.3, 0.4) is 0 Å². The Labute approximate surface area is 134 Å². The second kappa shape index (κ2) is 8.13. The molecular weight excluding hydrogens is 307 g/mol. The summed E-state index contributed by atoms with van der Waals surface area (Å²) >= 11 is 5.59. The second-order valence-corrected chi connectivity index (χ2v) is 5.78. The molecule has 1 N–H and O–H groups in total. The number of halogens is 2. The maximum absolute atomic E-state index is 13.6. The molecule has 0 bridgehead atoms. The first-order valence-electron chi connectivity index (χ1n) is 7.51. The van der Waals surface area contributed by atoms with E-state index in [9.17, 15) is 14.0 Å². The zero-order chi connectivity index (χ0) is 15.9. The van der Waals surface area contributed by atoms with Gasteiger partial charge in [0.25, 0.3) is 5.91 Å². The van der Waals surface area contributed by atoms with E-state index in [1.807, 2.05) is 0 Å². The van der Waals surface area contributed by atoms with Crippen LogP contribution >= 0.6 is 11.6 Å². The Morgan fingerprint density at radius 3 is 2.59 bits per heavy atom. The SMILES string of the molecule is O=C(NC1CCN(C(=O)CCCCl)CC1)c1ccccc1F. The number of nitrogens with one attached hydrogen (secondary N) is 1. The Hall–Kier alpha value is -1.62. The van der Waals surface area contributed by atoms with E-state index < -0.39 is 11.7 Å². The predicted octanol–water partition coefficient (Wildman–Crippen LogP) is 2.57. The van der Waals surface area contributed by atoms with Crippen molar-refractivity contribution >= 4 is 23.4 Å². The van der Waals surface area contributed by atoms with Crippen molar-refractivity contribution in [2.45, 2.75) is 31.7 Å². The van der Waals surface area contributed by atoms with Gasteiger partial charge in [0, 0.05) is 31.4 Å². The third-order valence-electron chi connectivity index (χ3n) is 3.83. The monoisotopic (exact) mass is 326 g/mol. The maximum Gasteiger partial charge on any atom is 0.254 e. The van der Waals surface area contributed by atoms with Crippen molar-refractivity contribution in [3.05, 3.63) is 35.6 Å². The van der Waals surface area contributed by atoms with Crippen LogP contribution in [0.15, 0.2) is 24.3 Å². The molecule has 120 valence electrons. The number of carbonyl (C=O) groups excluding carboxylic acids is 2. The van der Waals surface area contributed by atoms with Crippen LogP contribution in [0.2, 0.25) is 0 Å². The summed E-state index contributed by atoms with van der Waals surface area (Å²) in [5, 5.41) is 2.84. The van der Waals surface area contributed by atoms with Gasteiger partial charge in [-0.25, -0.2) is 4.39 Å². The number of carbonyl (C=O) groups is 2. The molecule has 4 nitrogen and oxygen atoms in total. The minimum absolute atomic E-state index is 0.0239. The molecule has 0 aromatic heterocycles. The molecule has 0 spiro atoms. The van der Waals surface area contributed by atoms with E-state index in [1.165, 1.54) is 12.1 Å². The van der Waals surface area contributed by atoms with Gasteiger partial charge in [-0.05, 0) is 31.4 Å². The van der Waals surface area contributed by atoms with Crippen LogP contribution in [0.5, 0.6) is 0 Å². The summed E-state index contributed by atoms with van der Waals surface area (Å²) in [5.41, 5.74) is 0.0584. The number of hydrogen-bond acceptors (Lipinski definition) is 2. The van der Waals surface area contributed by atoms with Gasteiger partial charge in [-0.15, -0.1) is 11.6 Å². The first-order valence-corrected chi connectivity index (χ1v) is 8.04. The van der Waals surface area contributed by atoms with E-state index >= 15 is 0 Å². The Bertz CT molecular complexity index is 531. The van der Waals surface area contributed by atoms with E-state index in [2.05, 4.69) is 5.32 Å². The molecule has 1 saturated heterocycles. The van der Waals surface area contributed by atoms with E-state index in [4.69, 9.17) is 11.6 Å². The highest BCUT2D eigenvalue weighted by atomic mass is 35.5. The first kappa shape index (κ1) is 16.7.